The summed E-state index contributed by atoms with van der Waals surface area (Å²) in [5.74, 6) is -0.812. The van der Waals surface area contributed by atoms with Gasteiger partial charge in [0, 0.05) is 12.1 Å². The molecule has 0 bridgehead atoms. The monoisotopic (exact) mass is 379 g/mol. The number of aromatic nitrogens is 2. The van der Waals surface area contributed by atoms with Crippen LogP contribution in [0.1, 0.15) is 65.1 Å². The standard InChI is InChI=1S/C19H33N5O3/c1-5-14(6-2)24-17(7-3)16(11-20-24)22-19(27)21-13-9-15(10-13)23(8-4)12-18(25)26/h11,13-15H,5-10,12H2,1-4H3,(H,25,26)(H2,21,22,27). The molecule has 1 aromatic heterocycles. The number of nitrogens with zero attached hydrogens (tertiary/aromatic N) is 3. The van der Waals surface area contributed by atoms with Gasteiger partial charge in [0.2, 0.25) is 0 Å². The molecule has 0 aromatic carbocycles. The van der Waals surface area contributed by atoms with Gasteiger partial charge in [-0.25, -0.2) is 4.79 Å². The molecule has 0 aliphatic heterocycles. The predicted octanol–water partition coefficient (Wildman–Crippen LogP) is 2.87. The van der Waals surface area contributed by atoms with Crippen molar-refractivity contribution in [2.45, 2.75) is 77.9 Å². The zero-order valence-corrected chi connectivity index (χ0v) is 16.9. The number of rotatable bonds is 10. The van der Waals surface area contributed by atoms with Crippen LogP contribution in [0.15, 0.2) is 6.20 Å². The van der Waals surface area contributed by atoms with E-state index < -0.39 is 5.97 Å². The number of hydrogen-bond acceptors (Lipinski definition) is 4. The molecule has 1 fully saturated rings. The van der Waals surface area contributed by atoms with Gasteiger partial charge in [-0.05, 0) is 38.6 Å². The molecule has 0 atom stereocenters. The van der Waals surface area contributed by atoms with E-state index >= 15 is 0 Å². The summed E-state index contributed by atoms with van der Waals surface area (Å²) in [4.78, 5) is 25.2. The number of hydrogen-bond donors (Lipinski definition) is 3. The van der Waals surface area contributed by atoms with Gasteiger partial charge in [-0.1, -0.05) is 27.7 Å². The van der Waals surface area contributed by atoms with Crippen LogP contribution in [0, 0.1) is 0 Å². The molecule has 152 valence electrons. The van der Waals surface area contributed by atoms with Crippen molar-refractivity contribution in [3.63, 3.8) is 0 Å². The third-order valence-electron chi connectivity index (χ3n) is 5.48. The van der Waals surface area contributed by atoms with Crippen LogP contribution < -0.4 is 10.6 Å². The molecule has 8 heteroatoms. The fraction of sp³-hybridized carbons (Fsp3) is 0.737. The van der Waals surface area contributed by atoms with Crippen LogP contribution in [0.4, 0.5) is 10.5 Å². The maximum atomic E-state index is 12.4. The van der Waals surface area contributed by atoms with Crippen molar-refractivity contribution < 1.29 is 14.7 Å². The van der Waals surface area contributed by atoms with Crippen molar-refractivity contribution in [3.8, 4) is 0 Å². The molecule has 3 N–H and O–H groups in total. The Morgan fingerprint density at radius 3 is 2.48 bits per heavy atom. The van der Waals surface area contributed by atoms with E-state index in [1.54, 1.807) is 6.20 Å². The molecule has 0 spiro atoms. The van der Waals surface area contributed by atoms with Crippen molar-refractivity contribution in [2.24, 2.45) is 0 Å². The Kier molecular flexibility index (Phi) is 7.65. The van der Waals surface area contributed by atoms with Gasteiger partial charge in [0.25, 0.3) is 0 Å². The van der Waals surface area contributed by atoms with Gasteiger partial charge in [-0.3, -0.25) is 14.4 Å². The summed E-state index contributed by atoms with van der Waals surface area (Å²) < 4.78 is 2.03. The summed E-state index contributed by atoms with van der Waals surface area (Å²) in [7, 11) is 0. The smallest absolute Gasteiger partial charge is 0.319 e. The molecular weight excluding hydrogens is 346 g/mol. The zero-order chi connectivity index (χ0) is 20.0. The fourth-order valence-corrected chi connectivity index (χ4v) is 3.81. The molecule has 1 aliphatic carbocycles. The van der Waals surface area contributed by atoms with Gasteiger partial charge in [0.15, 0.2) is 0 Å². The SMILES string of the molecule is CCc1c(NC(=O)NC2CC(N(CC)CC(=O)O)C2)cnn1C(CC)CC. The predicted molar refractivity (Wildman–Crippen MR) is 105 cm³/mol. The van der Waals surface area contributed by atoms with Gasteiger partial charge < -0.3 is 15.7 Å². The Labute approximate surface area is 161 Å². The quantitative estimate of drug-likeness (QED) is 0.580. The first-order chi connectivity index (χ1) is 12.9. The second-order valence-corrected chi connectivity index (χ2v) is 7.15. The summed E-state index contributed by atoms with van der Waals surface area (Å²) in [6.07, 6.45) is 6.10. The fourth-order valence-electron chi connectivity index (χ4n) is 3.81. The van der Waals surface area contributed by atoms with Gasteiger partial charge in [-0.15, -0.1) is 0 Å². The Hall–Kier alpha value is -2.09. The maximum Gasteiger partial charge on any atom is 0.319 e. The van der Waals surface area contributed by atoms with E-state index in [-0.39, 0.29) is 24.7 Å². The molecule has 2 rings (SSSR count). The van der Waals surface area contributed by atoms with Crippen LogP contribution in [-0.2, 0) is 11.2 Å². The normalized spacial score (nSPS) is 19.2. The minimum atomic E-state index is -0.812. The number of nitrogens with one attached hydrogen (secondary N) is 2. The molecule has 0 saturated heterocycles. The Bertz CT molecular complexity index is 635. The van der Waals surface area contributed by atoms with Crippen LogP contribution in [0.5, 0.6) is 0 Å². The van der Waals surface area contributed by atoms with E-state index in [2.05, 4.69) is 36.5 Å². The van der Waals surface area contributed by atoms with Crippen molar-refractivity contribution in [1.29, 1.82) is 0 Å². The topological polar surface area (TPSA) is 99.5 Å². The minimum Gasteiger partial charge on any atom is -0.480 e. The van der Waals surface area contributed by atoms with E-state index in [1.807, 2.05) is 16.5 Å². The summed E-state index contributed by atoms with van der Waals surface area (Å²) >= 11 is 0. The third-order valence-corrected chi connectivity index (χ3v) is 5.48. The van der Waals surface area contributed by atoms with E-state index in [0.717, 1.165) is 43.5 Å². The molecule has 1 aromatic rings. The van der Waals surface area contributed by atoms with Crippen molar-refractivity contribution in [3.05, 3.63) is 11.9 Å². The number of anilines is 1. The summed E-state index contributed by atoms with van der Waals surface area (Å²) in [5, 5.41) is 19.4. The van der Waals surface area contributed by atoms with Crippen LogP contribution in [0.2, 0.25) is 0 Å². The Balaban J connectivity index is 1.88. The Morgan fingerprint density at radius 1 is 1.30 bits per heavy atom. The van der Waals surface area contributed by atoms with E-state index in [4.69, 9.17) is 5.11 Å². The molecule has 0 radical (unpaired) electrons. The first-order valence-electron chi connectivity index (χ1n) is 10.0. The lowest BCUT2D eigenvalue weighted by atomic mass is 9.85. The van der Waals surface area contributed by atoms with Gasteiger partial charge >= 0.3 is 12.0 Å². The lowest BCUT2D eigenvalue weighted by Gasteiger charge is -2.42. The molecule has 1 saturated carbocycles. The van der Waals surface area contributed by atoms with Crippen molar-refractivity contribution >= 4 is 17.7 Å². The third kappa shape index (κ3) is 5.22. The van der Waals surface area contributed by atoms with Crippen LogP contribution >= 0.6 is 0 Å². The number of likely N-dealkylation sites (N-methyl/N-ethyl adjacent to an activating group) is 1. The number of carboxylic acids is 1. The molecule has 1 heterocycles. The largest absolute Gasteiger partial charge is 0.480 e. The zero-order valence-electron chi connectivity index (χ0n) is 16.9. The summed E-state index contributed by atoms with van der Waals surface area (Å²) in [6.45, 7) is 9.07. The molecule has 27 heavy (non-hydrogen) atoms. The molecule has 1 aliphatic rings. The summed E-state index contributed by atoms with van der Waals surface area (Å²) in [6, 6.07) is 0.427. The van der Waals surface area contributed by atoms with E-state index in [9.17, 15) is 9.59 Å². The number of urea groups is 1. The number of aliphatic carboxylic acids is 1. The highest BCUT2D eigenvalue weighted by Gasteiger charge is 2.34. The highest BCUT2D eigenvalue weighted by Crippen LogP contribution is 2.26. The van der Waals surface area contributed by atoms with Gasteiger partial charge in [-0.2, -0.15) is 5.10 Å². The van der Waals surface area contributed by atoms with Crippen molar-refractivity contribution in [2.75, 3.05) is 18.4 Å². The average molecular weight is 380 g/mol. The second-order valence-electron chi connectivity index (χ2n) is 7.15. The van der Waals surface area contributed by atoms with Crippen LogP contribution in [-0.4, -0.2) is 57.0 Å². The van der Waals surface area contributed by atoms with E-state index in [0.29, 0.717) is 12.6 Å². The second kappa shape index (κ2) is 9.73. The van der Waals surface area contributed by atoms with Crippen LogP contribution in [0.3, 0.4) is 0 Å². The van der Waals surface area contributed by atoms with Gasteiger partial charge in [0.05, 0.1) is 30.2 Å². The Morgan fingerprint density at radius 2 is 1.96 bits per heavy atom. The molecule has 8 nitrogen and oxygen atoms in total. The highest BCUT2D eigenvalue weighted by atomic mass is 16.4. The lowest BCUT2D eigenvalue weighted by molar-refractivity contribution is -0.139. The number of carbonyl (C=O) groups is 2. The summed E-state index contributed by atoms with van der Waals surface area (Å²) in [5.41, 5.74) is 1.81. The molecular formula is C19H33N5O3. The number of carboxylic acid groups (broad SMARTS) is 1. The minimum absolute atomic E-state index is 0.0507. The molecule has 2 amide bonds. The van der Waals surface area contributed by atoms with E-state index in [1.165, 1.54) is 0 Å². The lowest BCUT2D eigenvalue weighted by Crippen LogP contribution is -2.55. The van der Waals surface area contributed by atoms with Crippen LogP contribution in [0.25, 0.3) is 0 Å². The molecule has 0 unspecified atom stereocenters. The number of carbonyl (C=O) groups excluding carboxylic acids is 1. The number of amides is 2. The maximum absolute atomic E-state index is 12.4. The first-order valence-corrected chi connectivity index (χ1v) is 10.0. The average Bonchev–Trinajstić information content (AvgIpc) is 2.99. The first kappa shape index (κ1) is 21.2. The highest BCUT2D eigenvalue weighted by molar-refractivity contribution is 5.90. The van der Waals surface area contributed by atoms with Gasteiger partial charge in [0.1, 0.15) is 0 Å². The van der Waals surface area contributed by atoms with Crippen molar-refractivity contribution in [1.82, 2.24) is 20.0 Å².